The van der Waals surface area contributed by atoms with Gasteiger partial charge in [0.2, 0.25) is 0 Å². The molecular formula is C33H24N2O5. The number of hydrogen-bond donors (Lipinski definition) is 2. The minimum Gasteiger partial charge on any atom is -0.504 e. The number of aromatic nitrogens is 2. The van der Waals surface area contributed by atoms with Gasteiger partial charge in [-0.1, -0.05) is 48.5 Å². The van der Waals surface area contributed by atoms with E-state index in [1.165, 1.54) is 14.2 Å². The van der Waals surface area contributed by atoms with Gasteiger partial charge in [-0.25, -0.2) is 0 Å². The maximum Gasteiger partial charge on any atom is 0.197 e. The SMILES string of the molecule is COc1cc(-c2ncc(C(=O)c3cnc(-c4ccc(O)c(OC)c4)c4ccccc34)c3ccccc23)ccc1O. The summed E-state index contributed by atoms with van der Waals surface area (Å²) in [5.74, 6) is 0.559. The van der Waals surface area contributed by atoms with Crippen LogP contribution >= 0.6 is 0 Å². The van der Waals surface area contributed by atoms with E-state index in [0.717, 1.165) is 32.7 Å². The molecule has 4 aromatic carbocycles. The van der Waals surface area contributed by atoms with Crippen molar-refractivity contribution in [1.29, 1.82) is 0 Å². The maximum atomic E-state index is 14.1. The second-order valence-corrected chi connectivity index (χ2v) is 9.23. The summed E-state index contributed by atoms with van der Waals surface area (Å²) in [5, 5.41) is 23.2. The summed E-state index contributed by atoms with van der Waals surface area (Å²) in [5.41, 5.74) is 3.76. The van der Waals surface area contributed by atoms with E-state index in [9.17, 15) is 15.0 Å². The predicted octanol–water partition coefficient (Wildman–Crippen LogP) is 6.78. The Morgan fingerprint density at radius 1 is 0.600 bits per heavy atom. The molecule has 0 fully saturated rings. The number of ether oxygens (including phenoxy) is 2. The van der Waals surface area contributed by atoms with Crippen molar-refractivity contribution in [3.63, 3.8) is 0 Å². The molecule has 0 amide bonds. The maximum absolute atomic E-state index is 14.1. The Kier molecular flexibility index (Phi) is 6.24. The fraction of sp³-hybridized carbons (Fsp3) is 0.0606. The molecule has 0 aliphatic heterocycles. The number of hydrogen-bond acceptors (Lipinski definition) is 7. The van der Waals surface area contributed by atoms with Crippen LogP contribution in [0.4, 0.5) is 0 Å². The van der Waals surface area contributed by atoms with Gasteiger partial charge in [0.25, 0.3) is 0 Å². The van der Waals surface area contributed by atoms with Gasteiger partial charge in [0, 0.05) is 45.4 Å². The van der Waals surface area contributed by atoms with Crippen LogP contribution in [0.1, 0.15) is 15.9 Å². The molecule has 7 heteroatoms. The summed E-state index contributed by atoms with van der Waals surface area (Å²) in [6.45, 7) is 0. The van der Waals surface area contributed by atoms with Crippen molar-refractivity contribution in [2.75, 3.05) is 14.2 Å². The average Bonchev–Trinajstić information content (AvgIpc) is 3.00. The van der Waals surface area contributed by atoms with Crippen molar-refractivity contribution in [3.05, 3.63) is 108 Å². The van der Waals surface area contributed by atoms with E-state index in [-0.39, 0.29) is 17.3 Å². The summed E-state index contributed by atoms with van der Waals surface area (Å²) in [7, 11) is 2.99. The van der Waals surface area contributed by atoms with Gasteiger partial charge in [-0.3, -0.25) is 14.8 Å². The lowest BCUT2D eigenvalue weighted by molar-refractivity contribution is 0.104. The fourth-order valence-electron chi connectivity index (χ4n) is 5.00. The zero-order valence-corrected chi connectivity index (χ0v) is 21.8. The Morgan fingerprint density at radius 2 is 1.00 bits per heavy atom. The number of phenolic OH excluding ortho intramolecular Hbond substituents is 2. The van der Waals surface area contributed by atoms with Gasteiger partial charge in [0.05, 0.1) is 25.6 Å². The number of nitrogens with zero attached hydrogens (tertiary/aromatic N) is 2. The van der Waals surface area contributed by atoms with Gasteiger partial charge >= 0.3 is 0 Å². The first kappa shape index (κ1) is 24.9. The van der Waals surface area contributed by atoms with Gasteiger partial charge in [-0.05, 0) is 47.2 Å². The topological polar surface area (TPSA) is 102 Å². The summed E-state index contributed by atoms with van der Waals surface area (Å²) in [6, 6.07) is 25.3. The lowest BCUT2D eigenvalue weighted by atomic mass is 9.93. The fourth-order valence-corrected chi connectivity index (χ4v) is 5.00. The number of fused-ring (bicyclic) bond motifs is 2. The number of phenols is 2. The lowest BCUT2D eigenvalue weighted by Gasteiger charge is -2.14. The number of rotatable bonds is 6. The zero-order valence-electron chi connectivity index (χ0n) is 21.8. The largest absolute Gasteiger partial charge is 0.504 e. The van der Waals surface area contributed by atoms with Crippen LogP contribution in [0.5, 0.6) is 23.0 Å². The van der Waals surface area contributed by atoms with Gasteiger partial charge in [-0.2, -0.15) is 0 Å². The van der Waals surface area contributed by atoms with E-state index in [1.807, 2.05) is 48.5 Å². The third-order valence-corrected chi connectivity index (χ3v) is 6.99. The van der Waals surface area contributed by atoms with Gasteiger partial charge in [0.15, 0.2) is 28.8 Å². The van der Waals surface area contributed by atoms with Gasteiger partial charge in [-0.15, -0.1) is 0 Å². The molecule has 6 aromatic rings. The van der Waals surface area contributed by atoms with Crippen molar-refractivity contribution < 1.29 is 24.5 Å². The third-order valence-electron chi connectivity index (χ3n) is 6.99. The molecule has 0 saturated heterocycles. The number of methoxy groups -OCH3 is 2. The smallest absolute Gasteiger partial charge is 0.197 e. The van der Waals surface area contributed by atoms with Crippen molar-refractivity contribution in [2.24, 2.45) is 0 Å². The van der Waals surface area contributed by atoms with Crippen molar-refractivity contribution in [3.8, 4) is 45.5 Å². The van der Waals surface area contributed by atoms with E-state index in [4.69, 9.17) is 9.47 Å². The highest BCUT2D eigenvalue weighted by Gasteiger charge is 2.21. The molecule has 0 bridgehead atoms. The Morgan fingerprint density at radius 3 is 1.40 bits per heavy atom. The lowest BCUT2D eigenvalue weighted by Crippen LogP contribution is -2.06. The number of carbonyl (C=O) groups is 1. The van der Waals surface area contributed by atoms with Crippen LogP contribution in [0.3, 0.4) is 0 Å². The van der Waals surface area contributed by atoms with Gasteiger partial charge in [0.1, 0.15) is 0 Å². The highest BCUT2D eigenvalue weighted by atomic mass is 16.5. The molecule has 0 radical (unpaired) electrons. The molecule has 0 saturated carbocycles. The second kappa shape index (κ2) is 10.0. The molecule has 2 aromatic heterocycles. The number of pyridine rings is 2. The Balaban J connectivity index is 1.49. The van der Waals surface area contributed by atoms with Crippen LogP contribution < -0.4 is 9.47 Å². The highest BCUT2D eigenvalue weighted by molar-refractivity contribution is 6.22. The Hall–Kier alpha value is -5.43. The minimum absolute atomic E-state index is 0.0379. The Labute approximate surface area is 229 Å². The number of benzene rings is 4. The first-order valence-electron chi connectivity index (χ1n) is 12.5. The van der Waals surface area contributed by atoms with Crippen LogP contribution in [-0.2, 0) is 0 Å². The van der Waals surface area contributed by atoms with E-state index in [2.05, 4.69) is 9.97 Å². The molecule has 2 N–H and O–H groups in total. The molecule has 0 aliphatic carbocycles. The van der Waals surface area contributed by atoms with Gasteiger partial charge < -0.3 is 19.7 Å². The molecule has 0 atom stereocenters. The first-order valence-corrected chi connectivity index (χ1v) is 12.5. The van der Waals surface area contributed by atoms with E-state index in [1.54, 1.807) is 48.8 Å². The highest BCUT2D eigenvalue weighted by Crippen LogP contribution is 2.37. The van der Waals surface area contributed by atoms with Crippen LogP contribution in [0, 0.1) is 0 Å². The van der Waals surface area contributed by atoms with Crippen molar-refractivity contribution in [2.45, 2.75) is 0 Å². The molecular weight excluding hydrogens is 504 g/mol. The van der Waals surface area contributed by atoms with Crippen LogP contribution in [-0.4, -0.2) is 40.2 Å². The van der Waals surface area contributed by atoms with Crippen molar-refractivity contribution >= 4 is 27.3 Å². The third kappa shape index (κ3) is 4.14. The predicted molar refractivity (Wildman–Crippen MR) is 154 cm³/mol. The zero-order chi connectivity index (χ0) is 27.8. The molecule has 2 heterocycles. The molecule has 0 spiro atoms. The molecule has 0 unspecified atom stereocenters. The average molecular weight is 529 g/mol. The second-order valence-electron chi connectivity index (χ2n) is 9.23. The monoisotopic (exact) mass is 528 g/mol. The summed E-state index contributed by atoms with van der Waals surface area (Å²) >= 11 is 0. The summed E-state index contributed by atoms with van der Waals surface area (Å²) in [6.07, 6.45) is 3.18. The molecule has 196 valence electrons. The van der Waals surface area contributed by atoms with E-state index < -0.39 is 0 Å². The van der Waals surface area contributed by atoms with Crippen LogP contribution in [0.2, 0.25) is 0 Å². The first-order chi connectivity index (χ1) is 19.5. The van der Waals surface area contributed by atoms with E-state index >= 15 is 0 Å². The number of aromatic hydroxyl groups is 2. The number of ketones is 1. The summed E-state index contributed by atoms with van der Waals surface area (Å²) in [4.78, 5) is 23.4. The summed E-state index contributed by atoms with van der Waals surface area (Å²) < 4.78 is 10.6. The van der Waals surface area contributed by atoms with Crippen molar-refractivity contribution in [1.82, 2.24) is 9.97 Å². The number of carbonyl (C=O) groups excluding carboxylic acids is 1. The molecule has 6 rings (SSSR count). The molecule has 0 aliphatic rings. The minimum atomic E-state index is -0.197. The standard InChI is InChI=1S/C33H24N2O5/c1-39-29-15-19(11-13-27(29)36)31-23-9-5-3-7-21(23)25(17-34-31)33(38)26-18-35-32(24-10-6-4-8-22(24)26)20-12-14-28(37)30(16-20)40-2/h3-18,36-37H,1-2H3. The Bertz CT molecular complexity index is 1790. The van der Waals surface area contributed by atoms with E-state index in [0.29, 0.717) is 34.0 Å². The molecule has 40 heavy (non-hydrogen) atoms. The van der Waals surface area contributed by atoms with Crippen LogP contribution in [0.25, 0.3) is 44.1 Å². The van der Waals surface area contributed by atoms with Crippen LogP contribution in [0.15, 0.2) is 97.3 Å². The normalized spacial score (nSPS) is 11.1. The quantitative estimate of drug-likeness (QED) is 0.230. The molecule has 7 nitrogen and oxygen atoms in total.